The number of amides is 1. The van der Waals surface area contributed by atoms with Crippen molar-refractivity contribution in [2.45, 2.75) is 20.0 Å². The Bertz CT molecular complexity index is 1060. The van der Waals surface area contributed by atoms with Gasteiger partial charge in [0.15, 0.2) is 5.76 Å². The molecular formula is C22H19ClN2O4. The van der Waals surface area contributed by atoms with E-state index in [4.69, 9.17) is 26.0 Å². The quantitative estimate of drug-likeness (QED) is 0.594. The van der Waals surface area contributed by atoms with Crippen LogP contribution in [0.1, 0.15) is 29.8 Å². The molecule has 0 aliphatic rings. The van der Waals surface area contributed by atoms with E-state index in [2.05, 4.69) is 22.3 Å². The SMILES string of the molecule is Cc1noc(-c2ccc(C#CCO)cc2)c1NC(=O)OC(C)c1ccccc1Cl. The molecule has 3 aromatic rings. The van der Waals surface area contributed by atoms with Gasteiger partial charge in [0, 0.05) is 21.7 Å². The second kappa shape index (κ2) is 9.28. The molecular weight excluding hydrogens is 392 g/mol. The van der Waals surface area contributed by atoms with E-state index < -0.39 is 12.2 Å². The third-order valence-corrected chi connectivity index (χ3v) is 4.52. The third-order valence-electron chi connectivity index (χ3n) is 4.18. The number of halogens is 1. The van der Waals surface area contributed by atoms with E-state index in [9.17, 15) is 4.79 Å². The van der Waals surface area contributed by atoms with E-state index in [-0.39, 0.29) is 6.61 Å². The van der Waals surface area contributed by atoms with E-state index in [0.717, 1.165) is 11.1 Å². The van der Waals surface area contributed by atoms with Crippen LogP contribution in [0.25, 0.3) is 11.3 Å². The predicted octanol–water partition coefficient (Wildman–Crippen LogP) is 4.96. The maximum absolute atomic E-state index is 12.4. The van der Waals surface area contributed by atoms with E-state index in [0.29, 0.717) is 27.7 Å². The molecule has 2 aromatic carbocycles. The van der Waals surface area contributed by atoms with Crippen molar-refractivity contribution in [3.05, 3.63) is 70.4 Å². The lowest BCUT2D eigenvalue weighted by Crippen LogP contribution is -2.17. The topological polar surface area (TPSA) is 84.6 Å². The standard InChI is InChI=1S/C22H19ClN2O4/c1-14-20(24-22(27)28-15(2)18-7-3-4-8-19(18)23)21(29-25-14)17-11-9-16(10-12-17)6-5-13-26/h3-4,7-12,15,26H,13H2,1-2H3,(H,24,27). The van der Waals surface area contributed by atoms with Crippen LogP contribution < -0.4 is 5.32 Å². The summed E-state index contributed by atoms with van der Waals surface area (Å²) in [5.74, 6) is 5.82. The van der Waals surface area contributed by atoms with Crippen molar-refractivity contribution in [3.63, 3.8) is 0 Å². The summed E-state index contributed by atoms with van der Waals surface area (Å²) in [6.45, 7) is 3.27. The number of aromatic nitrogens is 1. The Labute approximate surface area is 173 Å². The zero-order valence-electron chi connectivity index (χ0n) is 15.9. The Morgan fingerprint density at radius 3 is 2.69 bits per heavy atom. The fraction of sp³-hybridized carbons (Fsp3) is 0.182. The van der Waals surface area contributed by atoms with Crippen molar-refractivity contribution in [2.24, 2.45) is 0 Å². The van der Waals surface area contributed by atoms with Gasteiger partial charge in [-0.05, 0) is 44.2 Å². The van der Waals surface area contributed by atoms with Gasteiger partial charge in [-0.1, -0.05) is 46.8 Å². The van der Waals surface area contributed by atoms with Gasteiger partial charge in [0.2, 0.25) is 0 Å². The van der Waals surface area contributed by atoms with Gasteiger partial charge < -0.3 is 14.4 Å². The molecule has 1 amide bonds. The smallest absolute Gasteiger partial charge is 0.412 e. The van der Waals surface area contributed by atoms with Crippen LogP contribution in [0.5, 0.6) is 0 Å². The first-order valence-corrected chi connectivity index (χ1v) is 9.26. The average Bonchev–Trinajstić information content (AvgIpc) is 3.07. The number of carbonyl (C=O) groups is 1. The molecule has 148 valence electrons. The van der Waals surface area contributed by atoms with Crippen LogP contribution in [0, 0.1) is 18.8 Å². The summed E-state index contributed by atoms with van der Waals surface area (Å²) in [6.07, 6.45) is -1.17. The lowest BCUT2D eigenvalue weighted by molar-refractivity contribution is 0.121. The van der Waals surface area contributed by atoms with Gasteiger partial charge in [-0.3, -0.25) is 5.32 Å². The number of anilines is 1. The third kappa shape index (κ3) is 4.96. The van der Waals surface area contributed by atoms with Crippen molar-refractivity contribution in [1.82, 2.24) is 5.16 Å². The predicted molar refractivity (Wildman–Crippen MR) is 111 cm³/mol. The van der Waals surface area contributed by atoms with Gasteiger partial charge in [0.1, 0.15) is 24.1 Å². The normalized spacial score (nSPS) is 11.3. The van der Waals surface area contributed by atoms with Crippen LogP contribution in [0.2, 0.25) is 5.02 Å². The number of nitrogens with one attached hydrogen (secondary N) is 1. The van der Waals surface area contributed by atoms with Gasteiger partial charge in [-0.15, -0.1) is 0 Å². The van der Waals surface area contributed by atoms with Crippen molar-refractivity contribution >= 4 is 23.4 Å². The summed E-state index contributed by atoms with van der Waals surface area (Å²) in [6, 6.07) is 14.4. The van der Waals surface area contributed by atoms with Gasteiger partial charge in [0.25, 0.3) is 0 Å². The minimum Gasteiger partial charge on any atom is -0.441 e. The molecule has 7 heteroatoms. The number of nitrogens with zero attached hydrogens (tertiary/aromatic N) is 1. The van der Waals surface area contributed by atoms with Crippen LogP contribution in [0.3, 0.4) is 0 Å². The summed E-state index contributed by atoms with van der Waals surface area (Å²) >= 11 is 6.16. The molecule has 0 bridgehead atoms. The van der Waals surface area contributed by atoms with E-state index in [1.165, 1.54) is 0 Å². The molecule has 2 N–H and O–H groups in total. The molecule has 1 aromatic heterocycles. The summed E-state index contributed by atoms with van der Waals surface area (Å²) in [4.78, 5) is 12.4. The summed E-state index contributed by atoms with van der Waals surface area (Å²) in [7, 11) is 0. The minimum absolute atomic E-state index is 0.203. The monoisotopic (exact) mass is 410 g/mol. The zero-order valence-corrected chi connectivity index (χ0v) is 16.7. The molecule has 0 saturated carbocycles. The molecule has 1 unspecified atom stereocenters. The molecule has 1 heterocycles. The van der Waals surface area contributed by atoms with Crippen molar-refractivity contribution in [2.75, 3.05) is 11.9 Å². The van der Waals surface area contributed by atoms with Crippen LogP contribution >= 0.6 is 11.6 Å². The Kier molecular flexibility index (Phi) is 6.55. The van der Waals surface area contributed by atoms with Gasteiger partial charge >= 0.3 is 6.09 Å². The lowest BCUT2D eigenvalue weighted by atomic mass is 10.1. The number of benzene rings is 2. The van der Waals surface area contributed by atoms with Crippen LogP contribution in [0.4, 0.5) is 10.5 Å². The van der Waals surface area contributed by atoms with Gasteiger partial charge in [-0.2, -0.15) is 0 Å². The highest BCUT2D eigenvalue weighted by Gasteiger charge is 2.20. The first kappa shape index (κ1) is 20.5. The molecule has 0 spiro atoms. The summed E-state index contributed by atoms with van der Waals surface area (Å²) in [5, 5.41) is 16.0. The molecule has 29 heavy (non-hydrogen) atoms. The maximum Gasteiger partial charge on any atom is 0.412 e. The highest BCUT2D eigenvalue weighted by Crippen LogP contribution is 2.32. The number of hydrogen-bond acceptors (Lipinski definition) is 5. The Morgan fingerprint density at radius 2 is 2.00 bits per heavy atom. The Balaban J connectivity index is 1.76. The minimum atomic E-state index is -0.643. The summed E-state index contributed by atoms with van der Waals surface area (Å²) in [5.41, 5.74) is 3.13. The van der Waals surface area contributed by atoms with Crippen LogP contribution in [-0.4, -0.2) is 23.0 Å². The van der Waals surface area contributed by atoms with E-state index in [1.807, 2.05) is 12.1 Å². The maximum atomic E-state index is 12.4. The van der Waals surface area contributed by atoms with Crippen LogP contribution in [-0.2, 0) is 4.74 Å². The molecule has 3 rings (SSSR count). The first-order valence-electron chi connectivity index (χ1n) is 8.88. The molecule has 0 fully saturated rings. The Hall–Kier alpha value is -3.27. The molecule has 0 aliphatic heterocycles. The van der Waals surface area contributed by atoms with Crippen molar-refractivity contribution in [1.29, 1.82) is 0 Å². The highest BCUT2D eigenvalue weighted by atomic mass is 35.5. The highest BCUT2D eigenvalue weighted by molar-refractivity contribution is 6.31. The van der Waals surface area contributed by atoms with Crippen molar-refractivity contribution < 1.29 is 19.2 Å². The first-order chi connectivity index (χ1) is 14.0. The lowest BCUT2D eigenvalue weighted by Gasteiger charge is -2.15. The number of aliphatic hydroxyl groups excluding tert-OH is 1. The number of ether oxygens (including phenoxy) is 1. The number of rotatable bonds is 4. The molecule has 1 atom stereocenters. The number of hydrogen-bond donors (Lipinski definition) is 2. The molecule has 0 aliphatic carbocycles. The van der Waals surface area contributed by atoms with Gasteiger partial charge in [0.05, 0.1) is 0 Å². The largest absolute Gasteiger partial charge is 0.441 e. The Morgan fingerprint density at radius 1 is 1.28 bits per heavy atom. The fourth-order valence-corrected chi connectivity index (χ4v) is 3.01. The van der Waals surface area contributed by atoms with Crippen LogP contribution in [0.15, 0.2) is 53.1 Å². The molecule has 6 nitrogen and oxygen atoms in total. The second-order valence-electron chi connectivity index (χ2n) is 6.20. The second-order valence-corrected chi connectivity index (χ2v) is 6.61. The van der Waals surface area contributed by atoms with Gasteiger partial charge in [-0.25, -0.2) is 4.79 Å². The zero-order chi connectivity index (χ0) is 20.8. The average molecular weight is 411 g/mol. The molecule has 0 radical (unpaired) electrons. The fourth-order valence-electron chi connectivity index (χ4n) is 2.72. The number of aliphatic hydroxyl groups is 1. The summed E-state index contributed by atoms with van der Waals surface area (Å²) < 4.78 is 10.8. The molecule has 0 saturated heterocycles. The van der Waals surface area contributed by atoms with Crippen molar-refractivity contribution in [3.8, 4) is 23.2 Å². The number of carbonyl (C=O) groups excluding carboxylic acids is 1. The number of aryl methyl sites for hydroxylation is 1. The van der Waals surface area contributed by atoms with E-state index >= 15 is 0 Å². The van der Waals surface area contributed by atoms with E-state index in [1.54, 1.807) is 50.2 Å².